The van der Waals surface area contributed by atoms with E-state index in [2.05, 4.69) is 15.7 Å². The van der Waals surface area contributed by atoms with Crippen molar-refractivity contribution in [2.24, 2.45) is 0 Å². The fourth-order valence-electron chi connectivity index (χ4n) is 3.48. The van der Waals surface area contributed by atoms with Gasteiger partial charge in [0.2, 0.25) is 0 Å². The van der Waals surface area contributed by atoms with Gasteiger partial charge in [-0.2, -0.15) is 13.2 Å². The molecule has 0 unspecified atom stereocenters. The van der Waals surface area contributed by atoms with Crippen molar-refractivity contribution in [1.29, 1.82) is 0 Å². The molecule has 1 fully saturated rings. The standard InChI is InChI=1S/C20H25F3N4/c1-24-27-18(15-7-5-8-16(13-15)20(21,22)23)14-26-19(27)11-6-12-25-17-9-3-2-4-10-17/h5-8,11,13-14,17,24-25H,2-4,9-10,12H2,1H3/b11-6-. The van der Waals surface area contributed by atoms with E-state index >= 15 is 0 Å². The number of hydrogen-bond donors (Lipinski definition) is 2. The Morgan fingerprint density at radius 3 is 2.70 bits per heavy atom. The number of halogens is 3. The van der Waals surface area contributed by atoms with Gasteiger partial charge in [-0.1, -0.05) is 37.5 Å². The van der Waals surface area contributed by atoms with Crippen LogP contribution in [0, 0.1) is 0 Å². The lowest BCUT2D eigenvalue weighted by molar-refractivity contribution is -0.137. The van der Waals surface area contributed by atoms with Crippen molar-refractivity contribution < 1.29 is 13.2 Å². The van der Waals surface area contributed by atoms with Crippen molar-refractivity contribution in [1.82, 2.24) is 15.0 Å². The number of rotatable bonds is 6. The average molecular weight is 378 g/mol. The molecule has 0 saturated heterocycles. The van der Waals surface area contributed by atoms with E-state index in [1.807, 2.05) is 12.2 Å². The van der Waals surface area contributed by atoms with Crippen LogP contribution in [-0.2, 0) is 6.18 Å². The van der Waals surface area contributed by atoms with Gasteiger partial charge in [-0.05, 0) is 31.1 Å². The van der Waals surface area contributed by atoms with Crippen LogP contribution in [0.1, 0.15) is 43.5 Å². The highest BCUT2D eigenvalue weighted by Gasteiger charge is 2.30. The summed E-state index contributed by atoms with van der Waals surface area (Å²) in [5, 5.41) is 3.52. The molecule has 0 bridgehead atoms. The Hall–Kier alpha value is -2.28. The van der Waals surface area contributed by atoms with Gasteiger partial charge in [0.25, 0.3) is 0 Å². The molecule has 1 aliphatic rings. The molecule has 7 heteroatoms. The summed E-state index contributed by atoms with van der Waals surface area (Å²) in [6.45, 7) is 0.750. The SMILES string of the molecule is CNn1c(-c2cccc(C(F)(F)F)c2)cnc1/C=C\CNC1CCCCC1. The van der Waals surface area contributed by atoms with E-state index in [4.69, 9.17) is 0 Å². The van der Waals surface area contributed by atoms with Crippen molar-refractivity contribution in [2.75, 3.05) is 19.0 Å². The summed E-state index contributed by atoms with van der Waals surface area (Å²) >= 11 is 0. The van der Waals surface area contributed by atoms with Crippen molar-refractivity contribution in [3.8, 4) is 11.3 Å². The molecule has 0 amide bonds. The third-order valence-corrected chi connectivity index (χ3v) is 4.89. The number of nitrogens with zero attached hydrogens (tertiary/aromatic N) is 2. The van der Waals surface area contributed by atoms with E-state index in [1.54, 1.807) is 24.0 Å². The van der Waals surface area contributed by atoms with E-state index in [1.165, 1.54) is 38.2 Å². The first-order valence-electron chi connectivity index (χ1n) is 9.32. The summed E-state index contributed by atoms with van der Waals surface area (Å²) in [7, 11) is 1.72. The molecule has 2 aromatic rings. The van der Waals surface area contributed by atoms with Gasteiger partial charge in [-0.25, -0.2) is 9.66 Å². The van der Waals surface area contributed by atoms with Crippen LogP contribution >= 0.6 is 0 Å². The molecule has 1 heterocycles. The largest absolute Gasteiger partial charge is 0.416 e. The minimum absolute atomic E-state index is 0.464. The summed E-state index contributed by atoms with van der Waals surface area (Å²) in [4.78, 5) is 4.34. The molecule has 1 aliphatic carbocycles. The molecule has 3 rings (SSSR count). The Morgan fingerprint density at radius 1 is 1.22 bits per heavy atom. The van der Waals surface area contributed by atoms with Crippen molar-refractivity contribution in [3.63, 3.8) is 0 Å². The van der Waals surface area contributed by atoms with Crippen LogP contribution in [-0.4, -0.2) is 29.3 Å². The molecular weight excluding hydrogens is 353 g/mol. The number of benzene rings is 1. The Kier molecular flexibility index (Phi) is 6.21. The highest BCUT2D eigenvalue weighted by atomic mass is 19.4. The van der Waals surface area contributed by atoms with Crippen molar-refractivity contribution in [3.05, 3.63) is 47.9 Å². The first kappa shape index (κ1) is 19.5. The highest BCUT2D eigenvalue weighted by Crippen LogP contribution is 2.32. The second kappa shape index (κ2) is 8.61. The van der Waals surface area contributed by atoms with Gasteiger partial charge in [-0.15, -0.1) is 0 Å². The number of nitrogens with one attached hydrogen (secondary N) is 2. The summed E-state index contributed by atoms with van der Waals surface area (Å²) in [5.74, 6) is 0.648. The molecule has 1 saturated carbocycles. The number of imidazole rings is 1. The monoisotopic (exact) mass is 378 g/mol. The van der Waals surface area contributed by atoms with E-state index in [9.17, 15) is 13.2 Å². The zero-order chi connectivity index (χ0) is 19.3. The van der Waals surface area contributed by atoms with Crippen molar-refractivity contribution in [2.45, 2.75) is 44.3 Å². The van der Waals surface area contributed by atoms with E-state index in [-0.39, 0.29) is 0 Å². The Labute approximate surface area is 157 Å². The van der Waals surface area contributed by atoms with Gasteiger partial charge in [0.05, 0.1) is 17.5 Å². The maximum absolute atomic E-state index is 13.0. The van der Waals surface area contributed by atoms with E-state index < -0.39 is 11.7 Å². The summed E-state index contributed by atoms with van der Waals surface area (Å²) < 4.78 is 40.6. The third kappa shape index (κ3) is 4.91. The lowest BCUT2D eigenvalue weighted by Crippen LogP contribution is -2.30. The quantitative estimate of drug-likeness (QED) is 0.767. The maximum atomic E-state index is 13.0. The van der Waals surface area contributed by atoms with Gasteiger partial charge in [-0.3, -0.25) is 0 Å². The van der Waals surface area contributed by atoms with E-state index in [0.29, 0.717) is 23.1 Å². The normalized spacial score (nSPS) is 16.1. The predicted octanol–water partition coefficient (Wildman–Crippen LogP) is 4.68. The van der Waals surface area contributed by atoms with Crippen LogP contribution in [0.2, 0.25) is 0 Å². The van der Waals surface area contributed by atoms with Crippen LogP contribution in [0.3, 0.4) is 0 Å². The molecule has 1 aromatic heterocycles. The molecule has 4 nitrogen and oxygen atoms in total. The predicted molar refractivity (Wildman–Crippen MR) is 102 cm³/mol. The minimum atomic E-state index is -4.37. The lowest BCUT2D eigenvalue weighted by atomic mass is 9.95. The smallest absolute Gasteiger partial charge is 0.327 e. The molecule has 0 spiro atoms. The molecule has 27 heavy (non-hydrogen) atoms. The minimum Gasteiger partial charge on any atom is -0.327 e. The van der Waals surface area contributed by atoms with Gasteiger partial charge < -0.3 is 10.7 Å². The zero-order valence-electron chi connectivity index (χ0n) is 15.4. The second-order valence-corrected chi connectivity index (χ2v) is 6.78. The average Bonchev–Trinajstić information content (AvgIpc) is 3.08. The molecule has 2 N–H and O–H groups in total. The van der Waals surface area contributed by atoms with Crippen LogP contribution in [0.4, 0.5) is 13.2 Å². The maximum Gasteiger partial charge on any atom is 0.416 e. The molecule has 0 atom stereocenters. The highest BCUT2D eigenvalue weighted by molar-refractivity contribution is 5.63. The summed E-state index contributed by atoms with van der Waals surface area (Å²) in [6, 6.07) is 5.85. The molecule has 0 radical (unpaired) electrons. The lowest BCUT2D eigenvalue weighted by Gasteiger charge is -2.21. The second-order valence-electron chi connectivity index (χ2n) is 6.78. The fourth-order valence-corrected chi connectivity index (χ4v) is 3.48. The summed E-state index contributed by atoms with van der Waals surface area (Å²) in [5.41, 5.74) is 3.37. The number of aromatic nitrogens is 2. The van der Waals surface area contributed by atoms with E-state index in [0.717, 1.165) is 18.7 Å². The summed E-state index contributed by atoms with van der Waals surface area (Å²) in [6.07, 6.45) is 7.43. The van der Waals surface area contributed by atoms with Gasteiger partial charge in [0.15, 0.2) is 5.82 Å². The first-order chi connectivity index (χ1) is 13.0. The number of alkyl halides is 3. The Morgan fingerprint density at radius 2 is 2.00 bits per heavy atom. The van der Waals surface area contributed by atoms with Gasteiger partial charge in [0, 0.05) is 25.2 Å². The molecule has 1 aromatic carbocycles. The molecule has 146 valence electrons. The van der Waals surface area contributed by atoms with Crippen molar-refractivity contribution >= 4 is 6.08 Å². The third-order valence-electron chi connectivity index (χ3n) is 4.89. The molecule has 0 aliphatic heterocycles. The van der Waals surface area contributed by atoms with Crippen LogP contribution in [0.25, 0.3) is 17.3 Å². The van der Waals surface area contributed by atoms with Gasteiger partial charge >= 0.3 is 6.18 Å². The van der Waals surface area contributed by atoms with Gasteiger partial charge in [0.1, 0.15) is 0 Å². The first-order valence-corrected chi connectivity index (χ1v) is 9.32. The fraction of sp³-hybridized carbons (Fsp3) is 0.450. The topological polar surface area (TPSA) is 41.9 Å². The zero-order valence-corrected chi connectivity index (χ0v) is 15.4. The Bertz CT molecular complexity index is 774. The van der Waals surface area contributed by atoms with Crippen LogP contribution in [0.5, 0.6) is 0 Å². The van der Waals surface area contributed by atoms with Crippen LogP contribution in [0.15, 0.2) is 36.5 Å². The Balaban J connectivity index is 1.72. The van der Waals surface area contributed by atoms with Crippen LogP contribution < -0.4 is 10.7 Å². The number of hydrogen-bond acceptors (Lipinski definition) is 3. The molecular formula is C20H25F3N4.